The van der Waals surface area contributed by atoms with Crippen molar-refractivity contribution in [2.45, 2.75) is 72.6 Å². The van der Waals surface area contributed by atoms with Gasteiger partial charge in [0.15, 0.2) is 0 Å². The fourth-order valence-electron chi connectivity index (χ4n) is 2.67. The highest BCUT2D eigenvalue weighted by molar-refractivity contribution is 9.10. The quantitative estimate of drug-likeness (QED) is 0.209. The first-order chi connectivity index (χ1) is 12.9. The molecule has 0 heterocycles. The van der Waals surface area contributed by atoms with Crippen LogP contribution in [0.15, 0.2) is 34.8 Å². The van der Waals surface area contributed by atoms with E-state index in [0.717, 1.165) is 68.6 Å². The van der Waals surface area contributed by atoms with Crippen LogP contribution in [0.1, 0.15) is 70.9 Å². The van der Waals surface area contributed by atoms with Crippen LogP contribution in [-0.4, -0.2) is 0 Å². The van der Waals surface area contributed by atoms with E-state index in [0.29, 0.717) is 0 Å². The van der Waals surface area contributed by atoms with Crippen LogP contribution in [0.2, 0.25) is 0 Å². The Hall–Kier alpha value is -1.36. The normalized spacial score (nSPS) is 10.1. The summed E-state index contributed by atoms with van der Waals surface area (Å²) in [6.07, 6.45) is 7.94. The number of rotatable bonds is 8. The topological polar surface area (TPSA) is 0 Å². The molecule has 2 aromatic rings. The van der Waals surface area contributed by atoms with Gasteiger partial charge in [0.25, 0.3) is 0 Å². The maximum Gasteiger partial charge on any atom is 0.140 e. The number of unbranched alkanes of at least 4 members (excludes halogenated alkanes) is 4. The van der Waals surface area contributed by atoms with E-state index in [4.69, 9.17) is 0 Å². The zero-order chi connectivity index (χ0) is 20.2. The fourth-order valence-corrected chi connectivity index (χ4v) is 2.89. The first kappa shape index (κ1) is 26.6. The lowest BCUT2D eigenvalue weighted by molar-refractivity contribution is 0.566. The molecule has 0 saturated carbocycles. The van der Waals surface area contributed by atoms with E-state index in [1.807, 2.05) is 0 Å². The average Bonchev–Trinajstić information content (AvgIpc) is 2.60. The first-order valence-corrected chi connectivity index (χ1v) is 10.2. The van der Waals surface area contributed by atoms with Crippen molar-refractivity contribution in [2.75, 3.05) is 0 Å². The molecule has 0 aliphatic rings. The minimum Gasteiger partial charge on any atom is -0.207 e. The van der Waals surface area contributed by atoms with E-state index in [1.54, 1.807) is 0 Å². The van der Waals surface area contributed by atoms with Crippen LogP contribution < -0.4 is 0 Å². The van der Waals surface area contributed by atoms with Gasteiger partial charge in [-0.15, -0.1) is 0 Å². The molecule has 0 saturated heterocycles. The van der Waals surface area contributed by atoms with Crippen LogP contribution in [0.25, 0.3) is 0 Å². The number of halogens is 5. The van der Waals surface area contributed by atoms with E-state index >= 15 is 0 Å². The molecule has 0 aliphatic carbocycles. The third-order valence-corrected chi connectivity index (χ3v) is 4.86. The molecule has 0 amide bonds. The minimum atomic E-state index is -0.517. The van der Waals surface area contributed by atoms with E-state index in [2.05, 4.69) is 29.8 Å². The average molecular weight is 463 g/mol. The lowest BCUT2D eigenvalue weighted by Crippen LogP contribution is -1.91. The predicted molar refractivity (Wildman–Crippen MR) is 114 cm³/mol. The van der Waals surface area contributed by atoms with Crippen LogP contribution in [-0.2, 0) is 12.8 Å². The van der Waals surface area contributed by atoms with Gasteiger partial charge in [0.05, 0.1) is 4.47 Å². The summed E-state index contributed by atoms with van der Waals surface area (Å²) in [5, 5.41) is 0. The van der Waals surface area contributed by atoms with E-state index in [-0.39, 0.29) is 11.9 Å². The van der Waals surface area contributed by atoms with Crippen LogP contribution in [0.4, 0.5) is 17.6 Å². The molecular weight excluding hydrogens is 432 g/mol. The maximum atomic E-state index is 13.1. The van der Waals surface area contributed by atoms with Crippen LogP contribution in [0.3, 0.4) is 0 Å². The Balaban J connectivity index is 0.000000504. The summed E-state index contributed by atoms with van der Waals surface area (Å²) in [5.41, 5.74) is 1.49. The van der Waals surface area contributed by atoms with Crippen molar-refractivity contribution in [1.82, 2.24) is 0 Å². The van der Waals surface area contributed by atoms with Gasteiger partial charge in [-0.3, -0.25) is 0 Å². The highest BCUT2D eigenvalue weighted by Crippen LogP contribution is 2.22. The fraction of sp³-hybridized carbons (Fsp3) is 0.478. The molecule has 0 fully saturated rings. The summed E-state index contributed by atoms with van der Waals surface area (Å²) < 4.78 is 51.4. The largest absolute Gasteiger partial charge is 0.207 e. The predicted octanol–water partition coefficient (Wildman–Crippen LogP) is 8.79. The molecule has 0 N–H and O–H groups in total. The maximum absolute atomic E-state index is 13.1. The van der Waals surface area contributed by atoms with Gasteiger partial charge in [-0.1, -0.05) is 47.0 Å². The number of hydrogen-bond acceptors (Lipinski definition) is 0. The van der Waals surface area contributed by atoms with Gasteiger partial charge in [0, 0.05) is 6.07 Å². The van der Waals surface area contributed by atoms with Gasteiger partial charge < -0.3 is 0 Å². The lowest BCUT2D eigenvalue weighted by atomic mass is 10.1. The van der Waals surface area contributed by atoms with E-state index in [1.165, 1.54) is 24.3 Å². The smallest absolute Gasteiger partial charge is 0.140 e. The third-order valence-electron chi connectivity index (χ3n) is 4.10. The monoisotopic (exact) mass is 462 g/mol. The van der Waals surface area contributed by atoms with Crippen LogP contribution in [0, 0.1) is 23.3 Å². The Bertz CT molecular complexity index is 658. The third kappa shape index (κ3) is 10.3. The molecule has 0 nitrogen and oxygen atoms in total. The van der Waals surface area contributed by atoms with Crippen molar-refractivity contribution in [3.63, 3.8) is 0 Å². The standard InChI is InChI=1S/C11H13BrF2.C11H14F2.CH4/c1-2-3-4-5-8-6-9(13)11(12)10(14)7-8;1-2-3-4-5-9-6-10(12)8-11(13)7-9;/h6-7H,2-5H2,1H3;6-8H,2-5H2,1H3;1H4. The van der Waals surface area contributed by atoms with Crippen molar-refractivity contribution < 1.29 is 17.6 Å². The molecule has 0 unspecified atom stereocenters. The molecule has 5 heteroatoms. The molecule has 0 spiro atoms. The molecule has 0 radical (unpaired) electrons. The molecule has 0 bridgehead atoms. The summed E-state index contributed by atoms with van der Waals surface area (Å²) in [6, 6.07) is 6.49. The Morgan fingerprint density at radius 3 is 1.43 bits per heavy atom. The number of benzene rings is 2. The van der Waals surface area contributed by atoms with Crippen molar-refractivity contribution in [3.8, 4) is 0 Å². The summed E-state index contributed by atoms with van der Waals surface area (Å²) >= 11 is 2.85. The first-order valence-electron chi connectivity index (χ1n) is 9.45. The van der Waals surface area contributed by atoms with E-state index < -0.39 is 23.3 Å². The highest BCUT2D eigenvalue weighted by atomic mass is 79.9. The Morgan fingerprint density at radius 1 is 0.643 bits per heavy atom. The van der Waals surface area contributed by atoms with Gasteiger partial charge in [-0.05, 0) is 77.0 Å². The van der Waals surface area contributed by atoms with Gasteiger partial charge in [-0.25, -0.2) is 17.6 Å². The van der Waals surface area contributed by atoms with Crippen molar-refractivity contribution >= 4 is 15.9 Å². The second-order valence-electron chi connectivity index (χ2n) is 6.57. The van der Waals surface area contributed by atoms with E-state index in [9.17, 15) is 17.6 Å². The Morgan fingerprint density at radius 2 is 1.04 bits per heavy atom. The van der Waals surface area contributed by atoms with Gasteiger partial charge in [0.2, 0.25) is 0 Å². The number of hydrogen-bond donors (Lipinski definition) is 0. The zero-order valence-corrected chi connectivity index (χ0v) is 17.5. The second-order valence-corrected chi connectivity index (χ2v) is 7.36. The molecule has 2 rings (SSSR count). The summed E-state index contributed by atoms with van der Waals surface area (Å²) in [4.78, 5) is 0. The van der Waals surface area contributed by atoms with Crippen LogP contribution >= 0.6 is 15.9 Å². The molecule has 158 valence electrons. The minimum absolute atomic E-state index is 0. The second kappa shape index (κ2) is 14.6. The molecule has 0 aliphatic heterocycles. The van der Waals surface area contributed by atoms with Gasteiger partial charge >= 0.3 is 0 Å². The Labute approximate surface area is 175 Å². The lowest BCUT2D eigenvalue weighted by Gasteiger charge is -2.03. The van der Waals surface area contributed by atoms with Crippen molar-refractivity contribution in [3.05, 3.63) is 69.2 Å². The molecular formula is C23H31BrF4. The summed E-state index contributed by atoms with van der Waals surface area (Å²) in [5.74, 6) is -1.99. The SMILES string of the molecule is C.CCCCCc1cc(F)c(Br)c(F)c1.CCCCCc1cc(F)cc(F)c1. The van der Waals surface area contributed by atoms with Crippen molar-refractivity contribution in [2.24, 2.45) is 0 Å². The molecule has 0 atom stereocenters. The molecule has 2 aromatic carbocycles. The highest BCUT2D eigenvalue weighted by Gasteiger charge is 2.07. The summed E-state index contributed by atoms with van der Waals surface area (Å²) in [7, 11) is 0. The summed E-state index contributed by atoms with van der Waals surface area (Å²) in [6.45, 7) is 4.20. The van der Waals surface area contributed by atoms with Gasteiger partial charge in [0.1, 0.15) is 23.3 Å². The van der Waals surface area contributed by atoms with Crippen LogP contribution in [0.5, 0.6) is 0 Å². The Kier molecular flexibility index (Phi) is 13.9. The molecule has 0 aromatic heterocycles. The van der Waals surface area contributed by atoms with Crippen molar-refractivity contribution in [1.29, 1.82) is 0 Å². The number of aryl methyl sites for hydroxylation is 2. The zero-order valence-electron chi connectivity index (χ0n) is 15.9. The van der Waals surface area contributed by atoms with Gasteiger partial charge in [-0.2, -0.15) is 0 Å². The molecule has 28 heavy (non-hydrogen) atoms.